The number of carboxylic acid groups (broad SMARTS) is 1. The molecule has 18 heavy (non-hydrogen) atoms. The highest BCUT2D eigenvalue weighted by Crippen LogP contribution is 2.31. The van der Waals surface area contributed by atoms with E-state index in [1.807, 2.05) is 6.92 Å². The molecule has 1 fully saturated rings. The van der Waals surface area contributed by atoms with Gasteiger partial charge < -0.3 is 15.7 Å². The number of carbonyl (C=O) groups is 2. The van der Waals surface area contributed by atoms with Crippen LogP contribution in [0.5, 0.6) is 0 Å². The molecule has 1 saturated carbocycles. The molecule has 0 unspecified atom stereocenters. The molecule has 0 aromatic carbocycles. The van der Waals surface area contributed by atoms with E-state index < -0.39 is 17.5 Å². The summed E-state index contributed by atoms with van der Waals surface area (Å²) in [5, 5.41) is 14.3. The summed E-state index contributed by atoms with van der Waals surface area (Å²) >= 11 is 1.47. The lowest BCUT2D eigenvalue weighted by Gasteiger charge is -2.38. The van der Waals surface area contributed by atoms with E-state index in [0.29, 0.717) is 19.4 Å². The van der Waals surface area contributed by atoms with E-state index in [2.05, 4.69) is 15.6 Å². The van der Waals surface area contributed by atoms with Gasteiger partial charge in [0.1, 0.15) is 5.54 Å². The maximum Gasteiger partial charge on any atom is 0.329 e. The van der Waals surface area contributed by atoms with Gasteiger partial charge in [-0.05, 0) is 26.2 Å². The first kappa shape index (κ1) is 12.8. The Balaban J connectivity index is 1.86. The monoisotopic (exact) mass is 269 g/mol. The van der Waals surface area contributed by atoms with Gasteiger partial charge in [-0.1, -0.05) is 0 Å². The predicted octanol–water partition coefficient (Wildman–Crippen LogP) is 1.26. The molecular formula is C11H15N3O3S. The van der Waals surface area contributed by atoms with Crippen LogP contribution in [-0.2, 0) is 11.3 Å². The number of rotatable bonds is 4. The number of aromatic nitrogens is 1. The van der Waals surface area contributed by atoms with Crippen LogP contribution < -0.4 is 10.6 Å². The van der Waals surface area contributed by atoms with Gasteiger partial charge in [0.05, 0.1) is 17.7 Å². The molecule has 1 aromatic heterocycles. The van der Waals surface area contributed by atoms with Crippen LogP contribution in [0.15, 0.2) is 5.51 Å². The van der Waals surface area contributed by atoms with Crippen molar-refractivity contribution < 1.29 is 14.7 Å². The molecule has 0 bridgehead atoms. The Hall–Kier alpha value is -1.63. The lowest BCUT2D eigenvalue weighted by Crippen LogP contribution is -2.61. The van der Waals surface area contributed by atoms with Crippen LogP contribution >= 0.6 is 11.3 Å². The molecule has 0 saturated heterocycles. The van der Waals surface area contributed by atoms with Crippen LogP contribution in [0.2, 0.25) is 0 Å². The van der Waals surface area contributed by atoms with E-state index in [0.717, 1.165) is 17.0 Å². The number of nitrogens with zero attached hydrogens (tertiary/aromatic N) is 1. The number of thiazole rings is 1. The molecule has 0 spiro atoms. The standard InChI is InChI=1S/C11H15N3O3S/c1-7-8(18-6-13-7)5-12-10(17)14-11(9(15)16)3-2-4-11/h6H,2-5H2,1H3,(H,15,16)(H2,12,14,17). The van der Waals surface area contributed by atoms with Crippen LogP contribution in [0.1, 0.15) is 29.8 Å². The van der Waals surface area contributed by atoms with Crippen molar-refractivity contribution in [3.05, 3.63) is 16.1 Å². The molecule has 0 aliphatic heterocycles. The lowest BCUT2D eigenvalue weighted by atomic mass is 9.77. The van der Waals surface area contributed by atoms with Crippen LogP contribution in [0.4, 0.5) is 4.79 Å². The van der Waals surface area contributed by atoms with E-state index in [-0.39, 0.29) is 0 Å². The number of hydrogen-bond donors (Lipinski definition) is 3. The fourth-order valence-corrected chi connectivity index (χ4v) is 2.56. The van der Waals surface area contributed by atoms with Crippen molar-refractivity contribution in [2.24, 2.45) is 0 Å². The number of aryl methyl sites for hydroxylation is 1. The fourth-order valence-electron chi connectivity index (χ4n) is 1.84. The predicted molar refractivity (Wildman–Crippen MR) is 66.4 cm³/mol. The summed E-state index contributed by atoms with van der Waals surface area (Å²) < 4.78 is 0. The smallest absolute Gasteiger partial charge is 0.329 e. The van der Waals surface area contributed by atoms with Gasteiger partial charge >= 0.3 is 12.0 Å². The molecule has 6 nitrogen and oxygen atoms in total. The zero-order chi connectivity index (χ0) is 13.2. The van der Waals surface area contributed by atoms with Crippen molar-refractivity contribution in [3.8, 4) is 0 Å². The summed E-state index contributed by atoms with van der Waals surface area (Å²) in [7, 11) is 0. The molecule has 2 rings (SSSR count). The number of urea groups is 1. The second-order valence-corrected chi connectivity index (χ2v) is 5.35. The number of amides is 2. The highest BCUT2D eigenvalue weighted by molar-refractivity contribution is 7.09. The van der Waals surface area contributed by atoms with Gasteiger partial charge in [-0.25, -0.2) is 14.6 Å². The van der Waals surface area contributed by atoms with Crippen molar-refractivity contribution in [1.29, 1.82) is 0 Å². The third kappa shape index (κ3) is 2.45. The first-order chi connectivity index (χ1) is 8.53. The molecule has 1 aliphatic rings. The Kier molecular flexibility index (Phi) is 3.51. The average Bonchev–Trinajstić information content (AvgIpc) is 2.66. The molecule has 1 aliphatic carbocycles. The van der Waals surface area contributed by atoms with Gasteiger partial charge in [0, 0.05) is 4.88 Å². The number of carbonyl (C=O) groups excluding carboxylic acids is 1. The highest BCUT2D eigenvalue weighted by Gasteiger charge is 2.45. The number of aliphatic carboxylic acids is 1. The van der Waals surface area contributed by atoms with Gasteiger partial charge in [0.25, 0.3) is 0 Å². The quantitative estimate of drug-likeness (QED) is 0.767. The van der Waals surface area contributed by atoms with Crippen molar-refractivity contribution in [3.63, 3.8) is 0 Å². The molecule has 2 amide bonds. The maximum atomic E-state index is 11.7. The van der Waals surface area contributed by atoms with Gasteiger partial charge in [-0.3, -0.25) is 0 Å². The van der Waals surface area contributed by atoms with Gasteiger partial charge in [0.2, 0.25) is 0 Å². The maximum absolute atomic E-state index is 11.7. The van der Waals surface area contributed by atoms with Crippen LogP contribution in [-0.4, -0.2) is 27.6 Å². The minimum absolute atomic E-state index is 0.373. The second kappa shape index (κ2) is 4.93. The first-order valence-electron chi connectivity index (χ1n) is 5.72. The first-order valence-corrected chi connectivity index (χ1v) is 6.60. The van der Waals surface area contributed by atoms with E-state index in [9.17, 15) is 9.59 Å². The number of nitrogens with one attached hydrogen (secondary N) is 2. The van der Waals surface area contributed by atoms with Crippen LogP contribution in [0, 0.1) is 6.92 Å². The zero-order valence-corrected chi connectivity index (χ0v) is 10.8. The normalized spacial score (nSPS) is 16.7. The molecule has 0 atom stereocenters. The summed E-state index contributed by atoms with van der Waals surface area (Å²) in [6.07, 6.45) is 1.82. The molecule has 3 N–H and O–H groups in total. The van der Waals surface area contributed by atoms with Crippen molar-refractivity contribution in [2.45, 2.75) is 38.3 Å². The average molecular weight is 269 g/mol. The molecule has 98 valence electrons. The minimum atomic E-state index is -1.06. The number of carboxylic acids is 1. The summed E-state index contributed by atoms with van der Waals surface area (Å²) in [5.74, 6) is -0.960. The molecular weight excluding hydrogens is 254 g/mol. The summed E-state index contributed by atoms with van der Waals surface area (Å²) in [4.78, 5) is 27.8. The van der Waals surface area contributed by atoms with Crippen molar-refractivity contribution in [2.75, 3.05) is 0 Å². The topological polar surface area (TPSA) is 91.3 Å². The summed E-state index contributed by atoms with van der Waals surface area (Å²) in [6.45, 7) is 2.24. The number of hydrogen-bond acceptors (Lipinski definition) is 4. The van der Waals surface area contributed by atoms with Crippen LogP contribution in [0.25, 0.3) is 0 Å². The molecule has 7 heteroatoms. The fraction of sp³-hybridized carbons (Fsp3) is 0.545. The SMILES string of the molecule is Cc1ncsc1CNC(=O)NC1(C(=O)O)CCC1. The third-order valence-electron chi connectivity index (χ3n) is 3.22. The van der Waals surface area contributed by atoms with Crippen molar-refractivity contribution in [1.82, 2.24) is 15.6 Å². The van der Waals surface area contributed by atoms with Gasteiger partial charge in [0.15, 0.2) is 0 Å². The molecule has 1 heterocycles. The minimum Gasteiger partial charge on any atom is -0.480 e. The summed E-state index contributed by atoms with van der Waals surface area (Å²) in [6, 6.07) is -0.440. The lowest BCUT2D eigenvalue weighted by molar-refractivity contribution is -0.148. The Morgan fingerprint density at radius 3 is 2.72 bits per heavy atom. The zero-order valence-electron chi connectivity index (χ0n) is 10.0. The van der Waals surface area contributed by atoms with E-state index in [1.165, 1.54) is 11.3 Å². The van der Waals surface area contributed by atoms with Crippen LogP contribution in [0.3, 0.4) is 0 Å². The second-order valence-electron chi connectivity index (χ2n) is 4.41. The third-order valence-corrected chi connectivity index (χ3v) is 4.16. The molecule has 1 aromatic rings. The Morgan fingerprint density at radius 2 is 2.28 bits per heavy atom. The van der Waals surface area contributed by atoms with Crippen molar-refractivity contribution >= 4 is 23.3 Å². The van der Waals surface area contributed by atoms with E-state index >= 15 is 0 Å². The molecule has 0 radical (unpaired) electrons. The largest absolute Gasteiger partial charge is 0.480 e. The Labute approximate surface area is 108 Å². The van der Waals surface area contributed by atoms with Gasteiger partial charge in [-0.2, -0.15) is 0 Å². The van der Waals surface area contributed by atoms with E-state index in [4.69, 9.17) is 5.11 Å². The Bertz CT molecular complexity index is 468. The van der Waals surface area contributed by atoms with E-state index in [1.54, 1.807) is 5.51 Å². The highest BCUT2D eigenvalue weighted by atomic mass is 32.1. The Morgan fingerprint density at radius 1 is 1.56 bits per heavy atom. The van der Waals surface area contributed by atoms with Gasteiger partial charge in [-0.15, -0.1) is 11.3 Å². The summed E-state index contributed by atoms with van der Waals surface area (Å²) in [5.41, 5.74) is 1.54.